The third kappa shape index (κ3) is 5.74. The lowest BCUT2D eigenvalue weighted by atomic mass is 9.92. The van der Waals surface area contributed by atoms with Crippen molar-refractivity contribution in [3.05, 3.63) is 207 Å². The van der Waals surface area contributed by atoms with E-state index >= 15 is 0 Å². The van der Waals surface area contributed by atoms with Gasteiger partial charge in [0.2, 0.25) is 0 Å². The number of aromatic nitrogens is 3. The van der Waals surface area contributed by atoms with Crippen molar-refractivity contribution in [1.82, 2.24) is 15.0 Å². The molecular formula is C53H35N3. The van der Waals surface area contributed by atoms with Crippen LogP contribution >= 0.6 is 0 Å². The van der Waals surface area contributed by atoms with Crippen molar-refractivity contribution < 1.29 is 0 Å². The minimum Gasteiger partial charge on any atom is -0.208 e. The fourth-order valence-electron chi connectivity index (χ4n) is 8.06. The van der Waals surface area contributed by atoms with Crippen LogP contribution in [-0.2, 0) is 0 Å². The number of fused-ring (bicyclic) bond motifs is 4. The number of rotatable bonds is 8. The summed E-state index contributed by atoms with van der Waals surface area (Å²) < 4.78 is 0. The fraction of sp³-hybridized carbons (Fsp3) is 0. The van der Waals surface area contributed by atoms with Gasteiger partial charge in [0.1, 0.15) is 0 Å². The molecule has 0 radical (unpaired) electrons. The van der Waals surface area contributed by atoms with Gasteiger partial charge in [-0.25, -0.2) is 15.0 Å². The van der Waals surface area contributed by atoms with Gasteiger partial charge in [-0.1, -0.05) is 183 Å². The summed E-state index contributed by atoms with van der Waals surface area (Å²) >= 11 is 0. The molecule has 0 amide bonds. The first-order chi connectivity index (χ1) is 27.6. The maximum absolute atomic E-state index is 4.88. The highest BCUT2D eigenvalue weighted by Crippen LogP contribution is 2.49. The molecule has 0 bridgehead atoms. The average molecular weight is 714 g/mol. The fourth-order valence-corrected chi connectivity index (χ4v) is 8.06. The first-order valence-electron chi connectivity index (χ1n) is 18.8. The van der Waals surface area contributed by atoms with Gasteiger partial charge in [-0.05, 0) is 95.4 Å². The lowest BCUT2D eigenvalue weighted by Crippen LogP contribution is -2.02. The smallest absolute Gasteiger partial charge is 0.164 e. The Morgan fingerprint density at radius 3 is 1.64 bits per heavy atom. The average Bonchev–Trinajstić information content (AvgIpc) is 3.60. The molecule has 9 aromatic rings. The van der Waals surface area contributed by atoms with Gasteiger partial charge in [-0.2, -0.15) is 0 Å². The zero-order valence-corrected chi connectivity index (χ0v) is 30.7. The second kappa shape index (κ2) is 13.7. The molecule has 10 rings (SSSR count). The van der Waals surface area contributed by atoms with Gasteiger partial charge in [0.25, 0.3) is 0 Å². The van der Waals surface area contributed by atoms with Gasteiger partial charge in [0.05, 0.1) is 0 Å². The van der Waals surface area contributed by atoms with Crippen LogP contribution in [-0.4, -0.2) is 15.0 Å². The van der Waals surface area contributed by atoms with Crippen molar-refractivity contribution in [3.8, 4) is 78.4 Å². The van der Waals surface area contributed by atoms with Crippen molar-refractivity contribution in [2.75, 3.05) is 0 Å². The van der Waals surface area contributed by atoms with Gasteiger partial charge < -0.3 is 0 Å². The van der Waals surface area contributed by atoms with Crippen LogP contribution in [0.2, 0.25) is 0 Å². The number of allylic oxidation sites excluding steroid dienone is 4. The zero-order chi connectivity index (χ0) is 37.6. The summed E-state index contributed by atoms with van der Waals surface area (Å²) in [4.78, 5) is 14.5. The maximum Gasteiger partial charge on any atom is 0.164 e. The summed E-state index contributed by atoms with van der Waals surface area (Å²) in [7, 11) is 0. The Kier molecular flexibility index (Phi) is 8.12. The minimum atomic E-state index is 0.555. The Morgan fingerprint density at radius 1 is 0.393 bits per heavy atom. The Labute approximate surface area is 326 Å². The number of hydrogen-bond acceptors (Lipinski definition) is 3. The first-order valence-corrected chi connectivity index (χ1v) is 18.8. The summed E-state index contributed by atoms with van der Waals surface area (Å²) in [6, 6.07) is 60.9. The second-order valence-corrected chi connectivity index (χ2v) is 14.1. The normalized spacial score (nSPS) is 11.8. The van der Waals surface area contributed by atoms with E-state index in [2.05, 4.69) is 153 Å². The Hall–Kier alpha value is -7.49. The number of nitrogens with zero attached hydrogens (tertiary/aromatic N) is 3. The molecule has 3 nitrogen and oxygen atoms in total. The standard InChI is InChI=1S/C53H35N3/c1-3-12-34(4-2)51-54-52(37-13-6-5-7-14-37)56-53(55-51)38-25-21-35(22-26-38)40-27-23-36-24-28-41(33-43(36)32-40)39-15-10-16-42(31-39)44-29-30-49-46-18-9-8-17-45(46)48-20-11-19-47(44)50(48)49/h3-33H,1-2H2/b34-12+. The van der Waals surface area contributed by atoms with Crippen LogP contribution in [0.4, 0.5) is 0 Å². The van der Waals surface area contributed by atoms with E-state index in [1.165, 1.54) is 66.1 Å². The zero-order valence-electron chi connectivity index (χ0n) is 30.7. The van der Waals surface area contributed by atoms with Gasteiger partial charge in [-0.3, -0.25) is 0 Å². The van der Waals surface area contributed by atoms with E-state index in [0.717, 1.165) is 27.8 Å². The lowest BCUT2D eigenvalue weighted by molar-refractivity contribution is 1.04. The van der Waals surface area contributed by atoms with Crippen LogP contribution in [0.3, 0.4) is 0 Å². The van der Waals surface area contributed by atoms with Crippen molar-refractivity contribution in [1.29, 1.82) is 0 Å². The third-order valence-corrected chi connectivity index (χ3v) is 10.8. The van der Waals surface area contributed by atoms with E-state index in [0.29, 0.717) is 17.5 Å². The predicted octanol–water partition coefficient (Wildman–Crippen LogP) is 13.9. The predicted molar refractivity (Wildman–Crippen MR) is 235 cm³/mol. The molecule has 0 atom stereocenters. The largest absolute Gasteiger partial charge is 0.208 e. The molecule has 0 aliphatic heterocycles. The van der Waals surface area contributed by atoms with Gasteiger partial charge in [0.15, 0.2) is 17.5 Å². The molecule has 262 valence electrons. The molecule has 0 saturated heterocycles. The van der Waals surface area contributed by atoms with E-state index in [9.17, 15) is 0 Å². The second-order valence-electron chi connectivity index (χ2n) is 14.1. The summed E-state index contributed by atoms with van der Waals surface area (Å²) in [6.07, 6.45) is 5.32. The third-order valence-electron chi connectivity index (χ3n) is 10.8. The summed E-state index contributed by atoms with van der Waals surface area (Å²) in [5, 5.41) is 5.04. The van der Waals surface area contributed by atoms with Crippen molar-refractivity contribution in [2.24, 2.45) is 0 Å². The van der Waals surface area contributed by atoms with Gasteiger partial charge in [-0.15, -0.1) is 0 Å². The monoisotopic (exact) mass is 713 g/mol. The molecule has 0 N–H and O–H groups in total. The highest BCUT2D eigenvalue weighted by molar-refractivity contribution is 6.18. The van der Waals surface area contributed by atoms with Crippen molar-refractivity contribution in [2.45, 2.75) is 0 Å². The molecule has 1 heterocycles. The lowest BCUT2D eigenvalue weighted by Gasteiger charge is -2.12. The topological polar surface area (TPSA) is 38.7 Å². The van der Waals surface area contributed by atoms with Crippen LogP contribution in [0.1, 0.15) is 5.82 Å². The van der Waals surface area contributed by atoms with E-state index in [1.807, 2.05) is 36.4 Å². The van der Waals surface area contributed by atoms with E-state index < -0.39 is 0 Å². The summed E-state index contributed by atoms with van der Waals surface area (Å²) in [5.74, 6) is 1.77. The highest BCUT2D eigenvalue weighted by atomic mass is 15.0. The number of benzene rings is 8. The molecular weight excluding hydrogens is 679 g/mol. The van der Waals surface area contributed by atoms with Crippen LogP contribution in [0.25, 0.3) is 106 Å². The Bertz CT molecular complexity index is 3020. The maximum atomic E-state index is 4.88. The molecule has 1 aromatic heterocycles. The Balaban J connectivity index is 0.977. The minimum absolute atomic E-state index is 0.555. The molecule has 1 aliphatic rings. The molecule has 0 unspecified atom stereocenters. The van der Waals surface area contributed by atoms with E-state index in [-0.39, 0.29) is 0 Å². The molecule has 0 spiro atoms. The van der Waals surface area contributed by atoms with Gasteiger partial charge in [0, 0.05) is 16.7 Å². The van der Waals surface area contributed by atoms with Crippen molar-refractivity contribution >= 4 is 27.1 Å². The molecule has 0 saturated carbocycles. The van der Waals surface area contributed by atoms with Crippen LogP contribution in [0.5, 0.6) is 0 Å². The van der Waals surface area contributed by atoms with Crippen LogP contribution < -0.4 is 0 Å². The molecule has 8 aromatic carbocycles. The van der Waals surface area contributed by atoms with Gasteiger partial charge >= 0.3 is 0 Å². The Morgan fingerprint density at radius 2 is 0.929 bits per heavy atom. The van der Waals surface area contributed by atoms with E-state index in [4.69, 9.17) is 15.0 Å². The molecule has 56 heavy (non-hydrogen) atoms. The van der Waals surface area contributed by atoms with Crippen LogP contribution in [0.15, 0.2) is 201 Å². The number of hydrogen-bond donors (Lipinski definition) is 0. The summed E-state index contributed by atoms with van der Waals surface area (Å²) in [6.45, 7) is 7.83. The van der Waals surface area contributed by atoms with E-state index in [1.54, 1.807) is 12.2 Å². The molecule has 3 heteroatoms. The SMILES string of the molecule is C=C/C=C(\C=C)c1nc(-c2ccccc2)nc(-c2ccc(-c3ccc4ccc(-c5cccc(-c6ccc7c8c(cccc68)-c6ccccc6-7)c5)cc4c3)cc2)n1. The molecule has 1 aliphatic carbocycles. The molecule has 0 fully saturated rings. The highest BCUT2D eigenvalue weighted by Gasteiger charge is 2.22. The summed E-state index contributed by atoms with van der Waals surface area (Å²) in [5.41, 5.74) is 15.0. The first kappa shape index (κ1) is 33.1. The van der Waals surface area contributed by atoms with Crippen LogP contribution in [0, 0.1) is 0 Å². The quantitative estimate of drug-likeness (QED) is 0.147. The van der Waals surface area contributed by atoms with Crippen molar-refractivity contribution in [3.63, 3.8) is 0 Å².